The number of rotatable bonds is 5. The number of nitrogens with zero attached hydrogens (tertiary/aromatic N) is 2. The van der Waals surface area contributed by atoms with Gasteiger partial charge in [-0.2, -0.15) is 0 Å². The van der Waals surface area contributed by atoms with E-state index in [1.165, 1.54) is 0 Å². The van der Waals surface area contributed by atoms with Crippen LogP contribution in [0.5, 0.6) is 0 Å². The van der Waals surface area contributed by atoms with Crippen LogP contribution in [0.1, 0.15) is 25.8 Å². The van der Waals surface area contributed by atoms with Crippen LogP contribution in [-0.2, 0) is 16.0 Å². The lowest BCUT2D eigenvalue weighted by Gasteiger charge is -2.31. The lowest BCUT2D eigenvalue weighted by Crippen LogP contribution is -2.37. The van der Waals surface area contributed by atoms with Gasteiger partial charge in [-0.1, -0.05) is 13.8 Å². The van der Waals surface area contributed by atoms with Gasteiger partial charge in [0, 0.05) is 31.4 Å². The van der Waals surface area contributed by atoms with Crippen molar-refractivity contribution in [2.75, 3.05) is 29.9 Å². The molecule has 2 rings (SSSR count). The molecule has 0 fully saturated rings. The number of carboxylic acids is 1. The highest BCUT2D eigenvalue weighted by Crippen LogP contribution is 2.31. The smallest absolute Gasteiger partial charge is 0.323 e. The van der Waals surface area contributed by atoms with Gasteiger partial charge in [-0.3, -0.25) is 9.59 Å². The minimum atomic E-state index is -0.855. The number of amides is 1. The van der Waals surface area contributed by atoms with Gasteiger partial charge in [-0.05, 0) is 36.1 Å². The third-order valence-electron chi connectivity index (χ3n) is 3.62. The Morgan fingerprint density at radius 1 is 1.38 bits per heavy atom. The second-order valence-electron chi connectivity index (χ2n) is 5.96. The van der Waals surface area contributed by atoms with E-state index in [9.17, 15) is 9.59 Å². The molecule has 0 aliphatic carbocycles. The summed E-state index contributed by atoms with van der Waals surface area (Å²) < 4.78 is 0. The molecule has 5 nitrogen and oxygen atoms in total. The lowest BCUT2D eigenvalue weighted by molar-refractivity contribution is -0.135. The van der Waals surface area contributed by atoms with Gasteiger partial charge in [0.25, 0.3) is 0 Å². The van der Waals surface area contributed by atoms with E-state index in [-0.39, 0.29) is 12.5 Å². The first kappa shape index (κ1) is 15.4. The number of aliphatic carboxylic acids is 1. The Morgan fingerprint density at radius 3 is 2.71 bits per heavy atom. The van der Waals surface area contributed by atoms with E-state index in [2.05, 4.69) is 13.8 Å². The second-order valence-corrected chi connectivity index (χ2v) is 5.96. The van der Waals surface area contributed by atoms with Crippen molar-refractivity contribution < 1.29 is 14.7 Å². The third kappa shape index (κ3) is 3.54. The summed E-state index contributed by atoms with van der Waals surface area (Å²) in [6.45, 7) is 4.87. The lowest BCUT2D eigenvalue weighted by atomic mass is 9.99. The number of carbonyl (C=O) groups excluding carboxylic acids is 1. The summed E-state index contributed by atoms with van der Waals surface area (Å²) in [7, 11) is 1.76. The maximum Gasteiger partial charge on any atom is 0.323 e. The Bertz CT molecular complexity index is 554. The maximum atomic E-state index is 12.1. The van der Waals surface area contributed by atoms with Crippen LogP contribution in [0, 0.1) is 5.92 Å². The third-order valence-corrected chi connectivity index (χ3v) is 3.62. The Morgan fingerprint density at radius 2 is 2.10 bits per heavy atom. The van der Waals surface area contributed by atoms with Crippen molar-refractivity contribution in [1.82, 2.24) is 0 Å². The normalized spacial score (nSPS) is 14.3. The largest absolute Gasteiger partial charge is 0.480 e. The van der Waals surface area contributed by atoms with Gasteiger partial charge < -0.3 is 14.9 Å². The van der Waals surface area contributed by atoms with Crippen LogP contribution in [0.4, 0.5) is 11.4 Å². The average molecular weight is 290 g/mol. The summed E-state index contributed by atoms with van der Waals surface area (Å²) in [5.41, 5.74) is 2.95. The van der Waals surface area contributed by atoms with Crippen molar-refractivity contribution in [3.63, 3.8) is 0 Å². The molecule has 0 spiro atoms. The highest BCUT2D eigenvalue weighted by Gasteiger charge is 2.25. The number of anilines is 2. The average Bonchev–Trinajstić information content (AvgIpc) is 2.40. The minimum absolute atomic E-state index is 0.0343. The van der Waals surface area contributed by atoms with Gasteiger partial charge in [-0.15, -0.1) is 0 Å². The Balaban J connectivity index is 2.28. The molecule has 1 aliphatic rings. The molecular formula is C16H22N2O3. The highest BCUT2D eigenvalue weighted by molar-refractivity contribution is 5.96. The monoisotopic (exact) mass is 290 g/mol. The second kappa shape index (κ2) is 6.16. The molecular weight excluding hydrogens is 268 g/mol. The zero-order valence-corrected chi connectivity index (χ0v) is 12.8. The van der Waals surface area contributed by atoms with Crippen molar-refractivity contribution >= 4 is 23.3 Å². The van der Waals surface area contributed by atoms with Crippen molar-refractivity contribution in [1.29, 1.82) is 0 Å². The zero-order chi connectivity index (χ0) is 15.6. The van der Waals surface area contributed by atoms with Gasteiger partial charge in [0.1, 0.15) is 6.54 Å². The van der Waals surface area contributed by atoms with Crippen molar-refractivity contribution in [3.8, 4) is 0 Å². The molecule has 1 N–H and O–H groups in total. The molecule has 1 heterocycles. The molecule has 0 radical (unpaired) electrons. The first-order valence-electron chi connectivity index (χ1n) is 7.24. The van der Waals surface area contributed by atoms with Crippen LogP contribution in [-0.4, -0.2) is 37.1 Å². The van der Waals surface area contributed by atoms with Crippen LogP contribution in [0.15, 0.2) is 18.2 Å². The molecule has 0 unspecified atom stereocenters. The molecule has 5 heteroatoms. The number of likely N-dealkylation sites (N-methyl/N-ethyl adjacent to an activating group) is 1. The van der Waals surface area contributed by atoms with Crippen molar-refractivity contribution in [2.45, 2.75) is 26.7 Å². The summed E-state index contributed by atoms with van der Waals surface area (Å²) in [6, 6.07) is 5.81. The number of aryl methyl sites for hydroxylation is 1. The Kier molecular flexibility index (Phi) is 4.50. The molecule has 1 aromatic carbocycles. The van der Waals surface area contributed by atoms with Crippen LogP contribution in [0.25, 0.3) is 0 Å². The molecule has 1 aromatic rings. The molecule has 0 bridgehead atoms. The summed E-state index contributed by atoms with van der Waals surface area (Å²) in [6.07, 6.45) is 1.24. The molecule has 114 valence electrons. The van der Waals surface area contributed by atoms with Crippen LogP contribution in [0.3, 0.4) is 0 Å². The Labute approximate surface area is 125 Å². The molecule has 0 saturated heterocycles. The number of carboxylic acid groups (broad SMARTS) is 1. The van der Waals surface area contributed by atoms with E-state index in [4.69, 9.17) is 5.11 Å². The standard InChI is InChI=1S/C16H22N2O3/c1-11(2)9-18-14-6-5-13(17(3)10-16(20)21)8-12(14)4-7-15(18)19/h5-6,8,11H,4,7,9-10H2,1-3H3,(H,20,21). The number of fused-ring (bicyclic) bond motifs is 1. The van der Waals surface area contributed by atoms with Crippen LogP contribution >= 0.6 is 0 Å². The molecule has 1 aliphatic heterocycles. The molecule has 1 amide bonds. The summed E-state index contributed by atoms with van der Waals surface area (Å²) in [5, 5.41) is 8.86. The summed E-state index contributed by atoms with van der Waals surface area (Å²) in [5.74, 6) is -0.274. The van der Waals surface area contributed by atoms with Crippen molar-refractivity contribution in [3.05, 3.63) is 23.8 Å². The van der Waals surface area contributed by atoms with E-state index < -0.39 is 5.97 Å². The van der Waals surface area contributed by atoms with E-state index in [1.807, 2.05) is 23.1 Å². The number of hydrogen-bond acceptors (Lipinski definition) is 3. The fourth-order valence-corrected chi connectivity index (χ4v) is 2.64. The van der Waals surface area contributed by atoms with Crippen LogP contribution in [0.2, 0.25) is 0 Å². The molecule has 0 atom stereocenters. The SMILES string of the molecule is CC(C)CN1C(=O)CCc2cc(N(C)CC(=O)O)ccc21. The minimum Gasteiger partial charge on any atom is -0.480 e. The van der Waals surface area contributed by atoms with Gasteiger partial charge in [0.05, 0.1) is 0 Å². The predicted octanol–water partition coefficient (Wildman–Crippen LogP) is 2.14. The van der Waals surface area contributed by atoms with Crippen LogP contribution < -0.4 is 9.80 Å². The van der Waals surface area contributed by atoms with E-state index in [0.29, 0.717) is 12.3 Å². The topological polar surface area (TPSA) is 60.9 Å². The fourth-order valence-electron chi connectivity index (χ4n) is 2.64. The molecule has 21 heavy (non-hydrogen) atoms. The fraction of sp³-hybridized carbons (Fsp3) is 0.500. The number of carbonyl (C=O) groups is 2. The Hall–Kier alpha value is -2.04. The summed E-state index contributed by atoms with van der Waals surface area (Å²) >= 11 is 0. The zero-order valence-electron chi connectivity index (χ0n) is 12.8. The first-order valence-corrected chi connectivity index (χ1v) is 7.24. The summed E-state index contributed by atoms with van der Waals surface area (Å²) in [4.78, 5) is 26.4. The van der Waals surface area contributed by atoms with Gasteiger partial charge in [0.2, 0.25) is 5.91 Å². The predicted molar refractivity (Wildman–Crippen MR) is 82.9 cm³/mol. The number of hydrogen-bond donors (Lipinski definition) is 1. The van der Waals surface area contributed by atoms with Gasteiger partial charge in [-0.25, -0.2) is 0 Å². The maximum absolute atomic E-state index is 12.1. The van der Waals surface area contributed by atoms with E-state index in [0.717, 1.165) is 29.9 Å². The first-order chi connectivity index (χ1) is 9.88. The molecule has 0 aromatic heterocycles. The van der Waals surface area contributed by atoms with Gasteiger partial charge in [0.15, 0.2) is 0 Å². The van der Waals surface area contributed by atoms with Crippen molar-refractivity contribution in [2.24, 2.45) is 5.92 Å². The molecule has 0 saturated carbocycles. The quantitative estimate of drug-likeness (QED) is 0.902. The highest BCUT2D eigenvalue weighted by atomic mass is 16.4. The van der Waals surface area contributed by atoms with E-state index in [1.54, 1.807) is 11.9 Å². The van der Waals surface area contributed by atoms with E-state index >= 15 is 0 Å². The van der Waals surface area contributed by atoms with Gasteiger partial charge >= 0.3 is 5.97 Å². The number of benzene rings is 1.